The summed E-state index contributed by atoms with van der Waals surface area (Å²) >= 11 is 1.14. The Morgan fingerprint density at radius 2 is 2.07 bits per heavy atom. The van der Waals surface area contributed by atoms with Crippen LogP contribution < -0.4 is 16.0 Å². The Balaban J connectivity index is 1.65. The number of esters is 1. The molecule has 1 aliphatic heterocycles. The van der Waals surface area contributed by atoms with E-state index < -0.39 is 23.9 Å². The number of carbonyl (C=O) groups is 4. The van der Waals surface area contributed by atoms with E-state index in [1.54, 1.807) is 34.5 Å². The van der Waals surface area contributed by atoms with Crippen LogP contribution >= 0.6 is 11.3 Å². The van der Waals surface area contributed by atoms with E-state index in [1.807, 2.05) is 0 Å². The highest BCUT2D eigenvalue weighted by Gasteiger charge is 2.24. The summed E-state index contributed by atoms with van der Waals surface area (Å²) in [5.41, 5.74) is 6.31. The van der Waals surface area contributed by atoms with Gasteiger partial charge in [0, 0.05) is 18.7 Å². The summed E-state index contributed by atoms with van der Waals surface area (Å²) in [6.07, 6.45) is 0.176. The lowest BCUT2D eigenvalue weighted by Crippen LogP contribution is -2.30. The quantitative estimate of drug-likeness (QED) is 0.719. The Bertz CT molecular complexity index is 939. The molecule has 0 bridgehead atoms. The maximum absolute atomic E-state index is 12.4. The zero-order valence-corrected chi connectivity index (χ0v) is 16.0. The second-order valence-corrected chi connectivity index (χ2v) is 7.18. The first-order chi connectivity index (χ1) is 13.4. The fraction of sp³-hybridized carbons (Fsp3) is 0.263. The molecule has 0 aliphatic carbocycles. The summed E-state index contributed by atoms with van der Waals surface area (Å²) in [6, 6.07) is 8.04. The van der Waals surface area contributed by atoms with Crippen molar-refractivity contribution in [2.75, 3.05) is 16.8 Å². The molecule has 1 atom stereocenters. The third-order valence-corrected chi connectivity index (χ3v) is 5.12. The number of amides is 3. The zero-order chi connectivity index (χ0) is 20.3. The largest absolute Gasteiger partial charge is 0.449 e. The molecule has 1 saturated heterocycles. The summed E-state index contributed by atoms with van der Waals surface area (Å²) < 4.78 is 5.23. The molecule has 28 heavy (non-hydrogen) atoms. The molecule has 2 aromatic rings. The van der Waals surface area contributed by atoms with Gasteiger partial charge in [0.05, 0.1) is 11.1 Å². The van der Waals surface area contributed by atoms with Gasteiger partial charge in [0.1, 0.15) is 5.00 Å². The van der Waals surface area contributed by atoms with E-state index in [2.05, 4.69) is 5.32 Å². The molecule has 0 unspecified atom stereocenters. The van der Waals surface area contributed by atoms with Gasteiger partial charge in [-0.3, -0.25) is 14.4 Å². The van der Waals surface area contributed by atoms with Gasteiger partial charge in [-0.15, -0.1) is 11.3 Å². The smallest absolute Gasteiger partial charge is 0.338 e. The maximum Gasteiger partial charge on any atom is 0.338 e. The fourth-order valence-electron chi connectivity index (χ4n) is 2.82. The van der Waals surface area contributed by atoms with Crippen LogP contribution in [0.1, 0.15) is 40.5 Å². The molecule has 2 heterocycles. The van der Waals surface area contributed by atoms with Gasteiger partial charge in [-0.2, -0.15) is 0 Å². The molecule has 0 spiro atoms. The molecule has 8 nitrogen and oxygen atoms in total. The monoisotopic (exact) mass is 401 g/mol. The van der Waals surface area contributed by atoms with Crippen LogP contribution in [0.3, 0.4) is 0 Å². The van der Waals surface area contributed by atoms with E-state index >= 15 is 0 Å². The highest BCUT2D eigenvalue weighted by Crippen LogP contribution is 2.24. The third-order valence-electron chi connectivity index (χ3n) is 4.29. The molecule has 146 valence electrons. The molecule has 3 N–H and O–H groups in total. The zero-order valence-electron chi connectivity index (χ0n) is 15.1. The molecule has 1 aliphatic rings. The molecule has 1 aromatic heterocycles. The van der Waals surface area contributed by atoms with E-state index in [9.17, 15) is 19.2 Å². The Morgan fingerprint density at radius 3 is 2.75 bits per heavy atom. The third kappa shape index (κ3) is 4.20. The summed E-state index contributed by atoms with van der Waals surface area (Å²) in [7, 11) is 0. The number of rotatable bonds is 6. The standard InChI is InChI=1S/C19H19N3O5S/c1-11(17(25)21-18-14(16(20)24)7-9-28-18)27-19(26)12-4-2-5-13(10-12)22-8-3-6-15(22)23/h2,4-5,7,9-11H,3,6,8H2,1H3,(H2,20,24)(H,21,25)/t11-/m0/s1. The van der Waals surface area contributed by atoms with Crippen LogP contribution in [0, 0.1) is 0 Å². The summed E-state index contributed by atoms with van der Waals surface area (Å²) in [5.74, 6) is -1.91. The van der Waals surface area contributed by atoms with Crippen LogP contribution in [-0.4, -0.2) is 36.3 Å². The van der Waals surface area contributed by atoms with Gasteiger partial charge in [-0.25, -0.2) is 4.79 Å². The number of primary amides is 1. The SMILES string of the molecule is C[C@H](OC(=O)c1cccc(N2CCCC2=O)c1)C(=O)Nc1sccc1C(N)=O. The highest BCUT2D eigenvalue weighted by atomic mass is 32.1. The molecular weight excluding hydrogens is 382 g/mol. The second-order valence-electron chi connectivity index (χ2n) is 6.26. The Kier molecular flexibility index (Phi) is 5.74. The van der Waals surface area contributed by atoms with Crippen molar-refractivity contribution in [2.45, 2.75) is 25.9 Å². The lowest BCUT2D eigenvalue weighted by Gasteiger charge is -2.17. The number of hydrogen-bond acceptors (Lipinski definition) is 6. The second kappa shape index (κ2) is 8.22. The predicted molar refractivity (Wildman–Crippen MR) is 104 cm³/mol. The van der Waals surface area contributed by atoms with Gasteiger partial charge in [-0.05, 0) is 43.0 Å². The highest BCUT2D eigenvalue weighted by molar-refractivity contribution is 7.14. The first-order valence-corrected chi connectivity index (χ1v) is 9.54. The maximum atomic E-state index is 12.4. The average molecular weight is 401 g/mol. The van der Waals surface area contributed by atoms with Gasteiger partial charge in [0.2, 0.25) is 5.91 Å². The van der Waals surface area contributed by atoms with E-state index in [-0.39, 0.29) is 17.0 Å². The number of carbonyl (C=O) groups excluding carboxylic acids is 4. The minimum Gasteiger partial charge on any atom is -0.449 e. The van der Waals surface area contributed by atoms with Crippen LogP contribution in [0.25, 0.3) is 0 Å². The Morgan fingerprint density at radius 1 is 1.29 bits per heavy atom. The molecule has 0 saturated carbocycles. The minimum atomic E-state index is -1.09. The van der Waals surface area contributed by atoms with Crippen molar-refractivity contribution in [3.8, 4) is 0 Å². The van der Waals surface area contributed by atoms with Crippen LogP contribution in [0.4, 0.5) is 10.7 Å². The van der Waals surface area contributed by atoms with Crippen molar-refractivity contribution >= 4 is 45.7 Å². The normalized spacial score (nSPS) is 14.6. The Hall–Kier alpha value is -3.20. The van der Waals surface area contributed by atoms with E-state index in [0.29, 0.717) is 23.7 Å². The first-order valence-electron chi connectivity index (χ1n) is 8.66. The van der Waals surface area contributed by atoms with Crippen molar-refractivity contribution in [2.24, 2.45) is 5.73 Å². The van der Waals surface area contributed by atoms with E-state index in [1.165, 1.54) is 13.0 Å². The minimum absolute atomic E-state index is 0.0134. The first kappa shape index (κ1) is 19.6. The summed E-state index contributed by atoms with van der Waals surface area (Å²) in [4.78, 5) is 49.5. The van der Waals surface area contributed by atoms with Crippen LogP contribution in [0.5, 0.6) is 0 Å². The number of anilines is 2. The average Bonchev–Trinajstić information content (AvgIpc) is 3.30. The van der Waals surface area contributed by atoms with Gasteiger partial charge in [-0.1, -0.05) is 6.07 Å². The summed E-state index contributed by atoms with van der Waals surface area (Å²) in [6.45, 7) is 2.04. The number of nitrogens with one attached hydrogen (secondary N) is 1. The van der Waals surface area contributed by atoms with E-state index in [0.717, 1.165) is 17.8 Å². The number of ether oxygens (including phenoxy) is 1. The van der Waals surface area contributed by atoms with Gasteiger partial charge in [0.15, 0.2) is 6.10 Å². The topological polar surface area (TPSA) is 119 Å². The molecule has 0 radical (unpaired) electrons. The van der Waals surface area contributed by atoms with Crippen molar-refractivity contribution in [3.05, 3.63) is 46.8 Å². The lowest BCUT2D eigenvalue weighted by atomic mass is 10.2. The van der Waals surface area contributed by atoms with E-state index in [4.69, 9.17) is 10.5 Å². The van der Waals surface area contributed by atoms with Gasteiger partial charge in [0.25, 0.3) is 11.8 Å². The lowest BCUT2D eigenvalue weighted by molar-refractivity contribution is -0.123. The van der Waals surface area contributed by atoms with Gasteiger partial charge >= 0.3 is 5.97 Å². The number of hydrogen-bond donors (Lipinski definition) is 2. The number of benzene rings is 1. The van der Waals surface area contributed by atoms with Crippen molar-refractivity contribution in [3.63, 3.8) is 0 Å². The summed E-state index contributed by atoms with van der Waals surface area (Å²) in [5, 5.41) is 4.46. The number of thiophene rings is 1. The van der Waals surface area contributed by atoms with Gasteiger partial charge < -0.3 is 20.7 Å². The van der Waals surface area contributed by atoms with Crippen molar-refractivity contribution < 1.29 is 23.9 Å². The van der Waals surface area contributed by atoms with Crippen LogP contribution in [0.15, 0.2) is 35.7 Å². The van der Waals surface area contributed by atoms with Crippen molar-refractivity contribution in [1.29, 1.82) is 0 Å². The Labute approximate surface area is 165 Å². The number of nitrogens with two attached hydrogens (primary N) is 1. The fourth-order valence-corrected chi connectivity index (χ4v) is 3.61. The molecule has 9 heteroatoms. The number of nitrogens with zero attached hydrogens (tertiary/aromatic N) is 1. The predicted octanol–water partition coefficient (Wildman–Crippen LogP) is 2.16. The molecule has 1 aromatic carbocycles. The van der Waals surface area contributed by atoms with Crippen molar-refractivity contribution in [1.82, 2.24) is 0 Å². The molecule has 3 rings (SSSR count). The molecule has 3 amide bonds. The van der Waals surface area contributed by atoms with Crippen LogP contribution in [-0.2, 0) is 14.3 Å². The molecule has 1 fully saturated rings. The molecular formula is C19H19N3O5S. The van der Waals surface area contributed by atoms with Crippen LogP contribution in [0.2, 0.25) is 0 Å².